The van der Waals surface area contributed by atoms with Crippen molar-refractivity contribution in [3.8, 4) is 0 Å². The lowest BCUT2D eigenvalue weighted by Gasteiger charge is -2.62. The molecule has 37 heavy (non-hydrogen) atoms. The van der Waals surface area contributed by atoms with E-state index in [1.165, 1.54) is 6.92 Å². The third-order valence-electron chi connectivity index (χ3n) is 11.8. The normalized spacial score (nSPS) is 44.5. The van der Waals surface area contributed by atoms with Gasteiger partial charge in [-0.15, -0.1) is 0 Å². The zero-order chi connectivity index (χ0) is 27.9. The molecule has 4 aliphatic carbocycles. The Morgan fingerprint density at radius 1 is 0.973 bits per heavy atom. The molecule has 4 N–H and O–H groups in total. The van der Waals surface area contributed by atoms with Crippen LogP contribution in [-0.2, 0) is 14.4 Å². The maximum atomic E-state index is 14.1. The Hall–Kier alpha value is -1.57. The second-order valence-electron chi connectivity index (χ2n) is 14.1. The zero-order valence-corrected chi connectivity index (χ0v) is 23.5. The van der Waals surface area contributed by atoms with Gasteiger partial charge in [0.2, 0.25) is 0 Å². The number of Topliss-reactive ketones (excluding diaryl/α,β-unsaturated/α-hetero) is 2. The number of hydrogen-bond donors (Lipinski definition) is 4. The van der Waals surface area contributed by atoms with Crippen molar-refractivity contribution in [2.45, 2.75) is 112 Å². The molecule has 0 unspecified atom stereocenters. The van der Waals surface area contributed by atoms with E-state index in [2.05, 4.69) is 6.92 Å². The van der Waals surface area contributed by atoms with Gasteiger partial charge in [-0.1, -0.05) is 48.5 Å². The van der Waals surface area contributed by atoms with Crippen LogP contribution in [0, 0.1) is 45.3 Å². The van der Waals surface area contributed by atoms with Gasteiger partial charge in [0.15, 0.2) is 5.78 Å². The summed E-state index contributed by atoms with van der Waals surface area (Å²) in [6.45, 7) is 13.7. The summed E-state index contributed by atoms with van der Waals surface area (Å²) >= 11 is 0. The van der Waals surface area contributed by atoms with Gasteiger partial charge in [-0.25, -0.2) is 0 Å². The molecular weight excluding hydrogens is 472 g/mol. The SMILES string of the molecule is C[C@H](CC(=O)C[C@@H](C)[C@H]1C[C@H](O)[C@@]2(C)C3=C(C(=O)C[C@]12C)[C@@]1(C)CC[C@H](O)C(C)(C)[C@@H]1C[C@@H]3O)C(=O)O. The Balaban J connectivity index is 1.74. The predicted octanol–water partition coefficient (Wildman–Crippen LogP) is 3.92. The molecule has 0 amide bonds. The molecule has 0 heterocycles. The molecule has 208 valence electrons. The number of aliphatic hydroxyl groups is 3. The van der Waals surface area contributed by atoms with Gasteiger partial charge in [0.25, 0.3) is 0 Å². The van der Waals surface area contributed by atoms with E-state index in [4.69, 9.17) is 0 Å². The van der Waals surface area contributed by atoms with Crippen molar-refractivity contribution < 1.29 is 34.8 Å². The molecule has 4 aliphatic rings. The fourth-order valence-electron chi connectivity index (χ4n) is 9.39. The summed E-state index contributed by atoms with van der Waals surface area (Å²) in [6, 6.07) is 0. The Kier molecular flexibility index (Phi) is 6.91. The zero-order valence-electron chi connectivity index (χ0n) is 23.5. The van der Waals surface area contributed by atoms with Crippen LogP contribution in [0.15, 0.2) is 11.1 Å². The monoisotopic (exact) mass is 518 g/mol. The Morgan fingerprint density at radius 2 is 1.59 bits per heavy atom. The van der Waals surface area contributed by atoms with Gasteiger partial charge in [-0.2, -0.15) is 0 Å². The van der Waals surface area contributed by atoms with Crippen LogP contribution in [-0.4, -0.2) is 56.3 Å². The first-order valence-electron chi connectivity index (χ1n) is 14.0. The van der Waals surface area contributed by atoms with Crippen LogP contribution in [0.1, 0.15) is 93.4 Å². The van der Waals surface area contributed by atoms with Gasteiger partial charge in [-0.3, -0.25) is 14.4 Å². The number of carboxylic acid groups (broad SMARTS) is 1. The van der Waals surface area contributed by atoms with E-state index < -0.39 is 51.9 Å². The molecule has 7 heteroatoms. The molecule has 0 aromatic heterocycles. The number of carboxylic acids is 1. The van der Waals surface area contributed by atoms with Crippen molar-refractivity contribution in [2.75, 3.05) is 0 Å². The lowest BCUT2D eigenvalue weighted by Crippen LogP contribution is -2.61. The summed E-state index contributed by atoms with van der Waals surface area (Å²) in [7, 11) is 0. The first-order chi connectivity index (χ1) is 16.9. The minimum atomic E-state index is -0.995. The number of carbonyl (C=O) groups is 3. The second kappa shape index (κ2) is 8.99. The van der Waals surface area contributed by atoms with Crippen molar-refractivity contribution in [3.05, 3.63) is 11.1 Å². The molecule has 2 fully saturated rings. The molecule has 0 spiro atoms. The molecule has 7 nitrogen and oxygen atoms in total. The average molecular weight is 519 g/mol. The minimum Gasteiger partial charge on any atom is -0.481 e. The lowest BCUT2D eigenvalue weighted by molar-refractivity contribution is -0.143. The summed E-state index contributed by atoms with van der Waals surface area (Å²) in [5.74, 6) is -2.17. The topological polar surface area (TPSA) is 132 Å². The number of ketones is 2. The smallest absolute Gasteiger partial charge is 0.306 e. The molecule has 0 aromatic carbocycles. The highest BCUT2D eigenvalue weighted by Gasteiger charge is 2.70. The van der Waals surface area contributed by atoms with Gasteiger partial charge in [0.05, 0.1) is 24.2 Å². The Labute approximate surface area is 220 Å². The Bertz CT molecular complexity index is 1030. The van der Waals surface area contributed by atoms with Crippen molar-refractivity contribution in [1.82, 2.24) is 0 Å². The van der Waals surface area contributed by atoms with Crippen LogP contribution in [0.25, 0.3) is 0 Å². The van der Waals surface area contributed by atoms with Gasteiger partial charge < -0.3 is 20.4 Å². The fraction of sp³-hybridized carbons (Fsp3) is 0.833. The number of aliphatic hydroxyl groups excluding tert-OH is 3. The first kappa shape index (κ1) is 28.4. The lowest BCUT2D eigenvalue weighted by atomic mass is 9.42. The molecule has 0 aliphatic heterocycles. The molecule has 4 rings (SSSR count). The third kappa shape index (κ3) is 3.89. The summed E-state index contributed by atoms with van der Waals surface area (Å²) in [4.78, 5) is 38.0. The largest absolute Gasteiger partial charge is 0.481 e. The highest BCUT2D eigenvalue weighted by Crippen LogP contribution is 2.71. The maximum absolute atomic E-state index is 14.1. The maximum Gasteiger partial charge on any atom is 0.306 e. The number of carbonyl (C=O) groups excluding carboxylic acids is 2. The molecule has 0 saturated heterocycles. The number of aliphatic carboxylic acids is 1. The van der Waals surface area contributed by atoms with Crippen molar-refractivity contribution in [2.24, 2.45) is 45.3 Å². The molecule has 0 radical (unpaired) electrons. The van der Waals surface area contributed by atoms with Gasteiger partial charge >= 0.3 is 5.97 Å². The van der Waals surface area contributed by atoms with E-state index in [9.17, 15) is 34.8 Å². The van der Waals surface area contributed by atoms with Gasteiger partial charge in [-0.05, 0) is 65.3 Å². The summed E-state index contributed by atoms with van der Waals surface area (Å²) in [5.41, 5.74) is -1.03. The second-order valence-corrected chi connectivity index (χ2v) is 14.1. The van der Waals surface area contributed by atoms with Crippen LogP contribution in [0.3, 0.4) is 0 Å². The summed E-state index contributed by atoms with van der Waals surface area (Å²) in [5, 5.41) is 43.3. The van der Waals surface area contributed by atoms with E-state index in [0.29, 0.717) is 36.8 Å². The van der Waals surface area contributed by atoms with Crippen LogP contribution in [0.2, 0.25) is 0 Å². The molecule has 2 saturated carbocycles. The number of fused-ring (bicyclic) bond motifs is 4. The van der Waals surface area contributed by atoms with Crippen molar-refractivity contribution in [3.63, 3.8) is 0 Å². The third-order valence-corrected chi connectivity index (χ3v) is 11.8. The van der Waals surface area contributed by atoms with Gasteiger partial charge in [0.1, 0.15) is 5.78 Å². The number of allylic oxidation sites excluding steroid dienone is 1. The van der Waals surface area contributed by atoms with E-state index in [-0.39, 0.29) is 48.6 Å². The molecule has 0 bridgehead atoms. The Morgan fingerprint density at radius 3 is 2.19 bits per heavy atom. The average Bonchev–Trinajstić information content (AvgIpc) is 2.99. The van der Waals surface area contributed by atoms with Gasteiger partial charge in [0, 0.05) is 30.3 Å². The highest BCUT2D eigenvalue weighted by molar-refractivity contribution is 6.00. The number of rotatable bonds is 6. The molecule has 10 atom stereocenters. The van der Waals surface area contributed by atoms with Crippen LogP contribution in [0.4, 0.5) is 0 Å². The first-order valence-corrected chi connectivity index (χ1v) is 14.0. The van der Waals surface area contributed by atoms with Crippen LogP contribution in [0.5, 0.6) is 0 Å². The van der Waals surface area contributed by atoms with E-state index in [1.54, 1.807) is 0 Å². The van der Waals surface area contributed by atoms with Crippen LogP contribution < -0.4 is 0 Å². The fourth-order valence-corrected chi connectivity index (χ4v) is 9.39. The molecule has 0 aromatic rings. The quantitative estimate of drug-likeness (QED) is 0.419. The van der Waals surface area contributed by atoms with Crippen molar-refractivity contribution >= 4 is 17.5 Å². The molecular formula is C30H46O7. The predicted molar refractivity (Wildman–Crippen MR) is 138 cm³/mol. The van der Waals surface area contributed by atoms with Crippen LogP contribution >= 0.6 is 0 Å². The number of hydrogen-bond acceptors (Lipinski definition) is 6. The van der Waals surface area contributed by atoms with E-state index >= 15 is 0 Å². The summed E-state index contributed by atoms with van der Waals surface area (Å²) < 4.78 is 0. The van der Waals surface area contributed by atoms with E-state index in [1.807, 2.05) is 34.6 Å². The van der Waals surface area contributed by atoms with E-state index in [0.717, 1.165) is 0 Å². The van der Waals surface area contributed by atoms with Crippen molar-refractivity contribution in [1.29, 1.82) is 0 Å². The summed E-state index contributed by atoms with van der Waals surface area (Å²) in [6.07, 6.45) is 0.391. The highest BCUT2D eigenvalue weighted by atomic mass is 16.4. The minimum absolute atomic E-state index is 0.0190. The standard InChI is InChI=1S/C30H46O7/c1-15(10-17(31)11-16(2)26(36)37)18-12-23(35)30(7)25-19(32)13-21-27(3,4)22(34)8-9-28(21,5)24(25)20(33)14-29(18,30)6/h15-16,18-19,21-23,32,34-35H,8-14H2,1-7H3,(H,36,37)/t15-,16-,18-,19+,21+,22+,23+,28+,29-,30+/m1/s1.